The van der Waals surface area contributed by atoms with Gasteiger partial charge in [0, 0.05) is 6.54 Å². The summed E-state index contributed by atoms with van der Waals surface area (Å²) in [7, 11) is 1.80. The molecule has 0 radical (unpaired) electrons. The van der Waals surface area contributed by atoms with Gasteiger partial charge in [0.25, 0.3) is 0 Å². The van der Waals surface area contributed by atoms with E-state index in [0.717, 1.165) is 5.56 Å². The number of likely N-dealkylation sites (N-methyl/N-ethyl adjacent to an activating group) is 1. The molecule has 0 saturated heterocycles. The molecule has 1 aromatic rings. The summed E-state index contributed by atoms with van der Waals surface area (Å²) >= 11 is 3.18. The summed E-state index contributed by atoms with van der Waals surface area (Å²) in [4.78, 5) is 1.81. The standard InChI is InChI=1S/C10H13BrFN3O/c1-15(6-9(13)14-16)5-7-3-2-4-8(12)10(7)11/h2-4,16H,5-6H2,1H3,(H2,13,14). The lowest BCUT2D eigenvalue weighted by Crippen LogP contribution is -2.30. The molecule has 0 saturated carbocycles. The molecule has 0 fully saturated rings. The van der Waals surface area contributed by atoms with Crippen molar-refractivity contribution in [2.45, 2.75) is 6.54 Å². The van der Waals surface area contributed by atoms with E-state index in [1.807, 2.05) is 11.0 Å². The molecule has 0 aliphatic heterocycles. The van der Waals surface area contributed by atoms with Crippen molar-refractivity contribution in [3.05, 3.63) is 34.1 Å². The maximum Gasteiger partial charge on any atom is 0.153 e. The minimum Gasteiger partial charge on any atom is -0.409 e. The van der Waals surface area contributed by atoms with Crippen molar-refractivity contribution in [3.63, 3.8) is 0 Å². The number of hydrogen-bond acceptors (Lipinski definition) is 3. The SMILES string of the molecule is CN(C/C(N)=N/O)Cc1cccc(F)c1Br. The summed E-state index contributed by atoms with van der Waals surface area (Å²) in [6, 6.07) is 4.85. The maximum absolute atomic E-state index is 13.2. The topological polar surface area (TPSA) is 61.8 Å². The van der Waals surface area contributed by atoms with Crippen LogP contribution in [0.25, 0.3) is 0 Å². The summed E-state index contributed by atoms with van der Waals surface area (Å²) in [6.07, 6.45) is 0. The molecule has 0 atom stereocenters. The second kappa shape index (κ2) is 5.81. The Morgan fingerprint density at radius 1 is 1.62 bits per heavy atom. The zero-order chi connectivity index (χ0) is 12.1. The van der Waals surface area contributed by atoms with Gasteiger partial charge in [-0.3, -0.25) is 4.90 Å². The first kappa shape index (κ1) is 12.9. The summed E-state index contributed by atoms with van der Waals surface area (Å²) in [5, 5.41) is 11.3. The fourth-order valence-corrected chi connectivity index (χ4v) is 1.72. The maximum atomic E-state index is 13.2. The minimum absolute atomic E-state index is 0.120. The van der Waals surface area contributed by atoms with Gasteiger partial charge in [-0.05, 0) is 34.6 Å². The lowest BCUT2D eigenvalue weighted by atomic mass is 10.2. The number of halogens is 2. The molecule has 0 aliphatic rings. The quantitative estimate of drug-likeness (QED) is 0.384. The molecule has 0 heterocycles. The fraction of sp³-hybridized carbons (Fsp3) is 0.300. The third-order valence-corrected chi connectivity index (χ3v) is 2.92. The van der Waals surface area contributed by atoms with E-state index in [1.54, 1.807) is 13.1 Å². The van der Waals surface area contributed by atoms with Gasteiger partial charge in [-0.2, -0.15) is 0 Å². The summed E-state index contributed by atoms with van der Waals surface area (Å²) < 4.78 is 13.7. The van der Waals surface area contributed by atoms with Crippen molar-refractivity contribution in [3.8, 4) is 0 Å². The predicted octanol–water partition coefficient (Wildman–Crippen LogP) is 1.77. The predicted molar refractivity (Wildman–Crippen MR) is 63.8 cm³/mol. The van der Waals surface area contributed by atoms with Crippen molar-refractivity contribution in [2.24, 2.45) is 10.9 Å². The van der Waals surface area contributed by atoms with Gasteiger partial charge in [-0.1, -0.05) is 17.3 Å². The molecule has 0 unspecified atom stereocenters. The van der Waals surface area contributed by atoms with Crippen LogP contribution in [0.3, 0.4) is 0 Å². The monoisotopic (exact) mass is 289 g/mol. The van der Waals surface area contributed by atoms with Crippen LogP contribution in [0.15, 0.2) is 27.8 Å². The van der Waals surface area contributed by atoms with E-state index < -0.39 is 0 Å². The van der Waals surface area contributed by atoms with E-state index in [1.165, 1.54) is 6.07 Å². The van der Waals surface area contributed by atoms with Crippen LogP contribution >= 0.6 is 15.9 Å². The summed E-state index contributed by atoms with van der Waals surface area (Å²) in [5.74, 6) is -0.176. The Morgan fingerprint density at radius 2 is 2.31 bits per heavy atom. The number of nitrogens with zero attached hydrogens (tertiary/aromatic N) is 2. The lowest BCUT2D eigenvalue weighted by Gasteiger charge is -2.16. The fourth-order valence-electron chi connectivity index (χ4n) is 1.33. The molecule has 0 bridgehead atoms. The zero-order valence-corrected chi connectivity index (χ0v) is 10.4. The van der Waals surface area contributed by atoms with Crippen molar-refractivity contribution < 1.29 is 9.60 Å². The molecule has 1 aromatic carbocycles. The van der Waals surface area contributed by atoms with Crippen LogP contribution in [0.1, 0.15) is 5.56 Å². The number of benzene rings is 1. The number of nitrogens with two attached hydrogens (primary N) is 1. The van der Waals surface area contributed by atoms with Crippen molar-refractivity contribution in [1.29, 1.82) is 0 Å². The molecule has 0 spiro atoms. The normalized spacial score (nSPS) is 12.1. The summed E-state index contributed by atoms with van der Waals surface area (Å²) in [5.41, 5.74) is 6.18. The average molecular weight is 290 g/mol. The molecule has 0 aromatic heterocycles. The van der Waals surface area contributed by atoms with E-state index in [-0.39, 0.29) is 11.7 Å². The highest BCUT2D eigenvalue weighted by atomic mass is 79.9. The Labute approximate surface area is 102 Å². The summed E-state index contributed by atoms with van der Waals surface area (Å²) in [6.45, 7) is 0.827. The number of oxime groups is 1. The highest BCUT2D eigenvalue weighted by Crippen LogP contribution is 2.21. The smallest absolute Gasteiger partial charge is 0.153 e. The molecule has 1 rings (SSSR count). The van der Waals surface area contributed by atoms with Gasteiger partial charge in [-0.15, -0.1) is 0 Å². The Balaban J connectivity index is 2.70. The second-order valence-electron chi connectivity index (χ2n) is 3.48. The zero-order valence-electron chi connectivity index (χ0n) is 8.82. The van der Waals surface area contributed by atoms with Gasteiger partial charge in [0.1, 0.15) is 5.82 Å². The molecule has 6 heteroatoms. The highest BCUT2D eigenvalue weighted by Gasteiger charge is 2.08. The largest absolute Gasteiger partial charge is 0.409 e. The molecule has 3 N–H and O–H groups in total. The Bertz CT molecular complexity index is 398. The van der Waals surface area contributed by atoms with Gasteiger partial charge in [-0.25, -0.2) is 4.39 Å². The van der Waals surface area contributed by atoms with Crippen molar-refractivity contribution in [2.75, 3.05) is 13.6 Å². The first-order chi connectivity index (χ1) is 7.54. The molecular formula is C10H13BrFN3O. The highest BCUT2D eigenvalue weighted by molar-refractivity contribution is 9.10. The molecule has 88 valence electrons. The Morgan fingerprint density at radius 3 is 2.94 bits per heavy atom. The van der Waals surface area contributed by atoms with Crippen molar-refractivity contribution in [1.82, 2.24) is 4.90 Å². The van der Waals surface area contributed by atoms with Gasteiger partial charge in [0.15, 0.2) is 5.84 Å². The van der Waals surface area contributed by atoms with Crippen LogP contribution < -0.4 is 5.73 Å². The van der Waals surface area contributed by atoms with Crippen LogP contribution in [-0.4, -0.2) is 29.5 Å². The van der Waals surface area contributed by atoms with Crippen LogP contribution in [0.5, 0.6) is 0 Å². The Kier molecular flexibility index (Phi) is 4.70. The second-order valence-corrected chi connectivity index (χ2v) is 4.27. The van der Waals surface area contributed by atoms with Gasteiger partial charge < -0.3 is 10.9 Å². The van der Waals surface area contributed by atoms with Gasteiger partial charge in [0.05, 0.1) is 11.0 Å². The number of amidine groups is 1. The van der Waals surface area contributed by atoms with E-state index in [0.29, 0.717) is 17.6 Å². The number of rotatable bonds is 4. The van der Waals surface area contributed by atoms with E-state index in [4.69, 9.17) is 10.9 Å². The van der Waals surface area contributed by atoms with Crippen LogP contribution in [-0.2, 0) is 6.54 Å². The van der Waals surface area contributed by atoms with Crippen molar-refractivity contribution >= 4 is 21.8 Å². The molecule has 16 heavy (non-hydrogen) atoms. The molecule has 0 aliphatic carbocycles. The van der Waals surface area contributed by atoms with Gasteiger partial charge in [0.2, 0.25) is 0 Å². The molecule has 4 nitrogen and oxygen atoms in total. The van der Waals surface area contributed by atoms with Crippen LogP contribution in [0.2, 0.25) is 0 Å². The molecular weight excluding hydrogens is 277 g/mol. The number of hydrogen-bond donors (Lipinski definition) is 2. The van der Waals surface area contributed by atoms with E-state index in [9.17, 15) is 4.39 Å². The first-order valence-corrected chi connectivity index (χ1v) is 5.41. The minimum atomic E-state index is -0.297. The van der Waals surface area contributed by atoms with E-state index in [2.05, 4.69) is 21.1 Å². The van der Waals surface area contributed by atoms with E-state index >= 15 is 0 Å². The third kappa shape index (κ3) is 3.46. The Hall–Kier alpha value is -1.14. The van der Waals surface area contributed by atoms with Gasteiger partial charge >= 0.3 is 0 Å². The first-order valence-electron chi connectivity index (χ1n) is 4.62. The third-order valence-electron chi connectivity index (χ3n) is 2.03. The van der Waals surface area contributed by atoms with Crippen LogP contribution in [0.4, 0.5) is 4.39 Å². The van der Waals surface area contributed by atoms with Crippen LogP contribution in [0, 0.1) is 5.82 Å². The lowest BCUT2D eigenvalue weighted by molar-refractivity contribution is 0.308. The average Bonchev–Trinajstić information content (AvgIpc) is 2.24. The molecule has 0 amide bonds.